The van der Waals surface area contributed by atoms with E-state index in [9.17, 15) is 0 Å². The Kier molecular flexibility index (Phi) is 5.44. The number of fused-ring (bicyclic) bond motifs is 1. The fourth-order valence-electron chi connectivity index (χ4n) is 2.51. The molecule has 0 radical (unpaired) electrons. The molecule has 0 aliphatic rings. The second-order valence-corrected chi connectivity index (χ2v) is 14.1. The summed E-state index contributed by atoms with van der Waals surface area (Å²) in [4.78, 5) is 8.44. The van der Waals surface area contributed by atoms with Crippen molar-refractivity contribution < 1.29 is 4.74 Å². The van der Waals surface area contributed by atoms with Crippen molar-refractivity contribution in [1.29, 1.82) is 0 Å². The Hall–Kier alpha value is -1.46. The maximum absolute atomic E-state index is 5.97. The first-order chi connectivity index (χ1) is 11.8. The van der Waals surface area contributed by atoms with Crippen LogP contribution in [0.5, 0.6) is 0 Å². The Bertz CT molecular complexity index is 869. The highest BCUT2D eigenvalue weighted by molar-refractivity contribution is 14.1. The zero-order chi connectivity index (χ0) is 18.0. The van der Waals surface area contributed by atoms with E-state index in [1.165, 1.54) is 6.33 Å². The van der Waals surface area contributed by atoms with Crippen LogP contribution in [0, 0.1) is 3.57 Å². The fourth-order valence-corrected chi connectivity index (χ4v) is 4.12. The molecule has 2 N–H and O–H groups in total. The minimum atomic E-state index is -1.05. The lowest BCUT2D eigenvalue weighted by Crippen LogP contribution is -2.22. The average molecular weight is 470 g/mol. The topological polar surface area (TPSA) is 83.8 Å². The van der Waals surface area contributed by atoms with Gasteiger partial charge in [-0.25, -0.2) is 14.6 Å². The van der Waals surface area contributed by atoms with Crippen LogP contribution in [-0.4, -0.2) is 39.0 Å². The van der Waals surface area contributed by atoms with Gasteiger partial charge < -0.3 is 15.0 Å². The van der Waals surface area contributed by atoms with E-state index < -0.39 is 8.07 Å². The molecule has 3 aromatic rings. The van der Waals surface area contributed by atoms with Gasteiger partial charge in [0.05, 0.1) is 18.1 Å². The van der Waals surface area contributed by atoms with Crippen molar-refractivity contribution in [3.05, 3.63) is 34.1 Å². The second-order valence-electron chi connectivity index (χ2n) is 7.30. The number of nitrogen functional groups attached to an aromatic ring is 1. The van der Waals surface area contributed by atoms with Crippen LogP contribution < -0.4 is 5.73 Å². The molecule has 3 aromatic heterocycles. The Morgan fingerprint density at radius 3 is 2.80 bits per heavy atom. The van der Waals surface area contributed by atoms with E-state index in [-0.39, 0.29) is 0 Å². The van der Waals surface area contributed by atoms with E-state index in [0.29, 0.717) is 19.1 Å². The first kappa shape index (κ1) is 18.3. The summed E-state index contributed by atoms with van der Waals surface area (Å²) in [5.41, 5.74) is 7.91. The normalized spacial score (nSPS) is 12.2. The molecule has 0 saturated heterocycles. The summed E-state index contributed by atoms with van der Waals surface area (Å²) in [5, 5.41) is 5.29. The number of hydrogen-bond acceptors (Lipinski definition) is 5. The summed E-state index contributed by atoms with van der Waals surface area (Å²) in [6.07, 6.45) is 7.42. The van der Waals surface area contributed by atoms with Crippen molar-refractivity contribution in [2.75, 3.05) is 12.3 Å². The number of nitrogens with two attached hydrogens (primary N) is 1. The maximum atomic E-state index is 5.97. The molecule has 3 heterocycles. The molecule has 0 aliphatic carbocycles. The van der Waals surface area contributed by atoms with Crippen LogP contribution in [0.1, 0.15) is 5.56 Å². The molecule has 0 spiro atoms. The Balaban J connectivity index is 1.65. The summed E-state index contributed by atoms with van der Waals surface area (Å²) in [6, 6.07) is 1.16. The van der Waals surface area contributed by atoms with Gasteiger partial charge in [-0.05, 0) is 28.6 Å². The molecular formula is C16H23IN6OSi. The van der Waals surface area contributed by atoms with Gasteiger partial charge in [0.15, 0.2) is 0 Å². The molecule has 0 unspecified atom stereocenters. The van der Waals surface area contributed by atoms with E-state index >= 15 is 0 Å². The van der Waals surface area contributed by atoms with Crippen molar-refractivity contribution in [2.24, 2.45) is 0 Å². The molecule has 0 amide bonds. The number of hydrogen-bond donors (Lipinski definition) is 1. The van der Waals surface area contributed by atoms with E-state index in [4.69, 9.17) is 10.5 Å². The number of ether oxygens (including phenoxy) is 1. The number of aromatic nitrogens is 5. The van der Waals surface area contributed by atoms with E-state index in [1.54, 1.807) is 0 Å². The third-order valence-electron chi connectivity index (χ3n) is 3.90. The minimum absolute atomic E-state index is 0.490. The SMILES string of the molecule is C[Si](C)(C)CCOCn1cc(Cn2cc(I)c3c(N)ncnc32)cn1. The largest absolute Gasteiger partial charge is 0.383 e. The molecule has 25 heavy (non-hydrogen) atoms. The summed E-state index contributed by atoms with van der Waals surface area (Å²) in [5.74, 6) is 0.514. The number of anilines is 1. The van der Waals surface area contributed by atoms with Crippen molar-refractivity contribution in [2.45, 2.75) is 39.0 Å². The van der Waals surface area contributed by atoms with Crippen LogP contribution in [-0.2, 0) is 18.0 Å². The molecule has 3 rings (SSSR count). The van der Waals surface area contributed by atoms with Crippen LogP contribution in [0.25, 0.3) is 11.0 Å². The van der Waals surface area contributed by atoms with Gasteiger partial charge in [0.2, 0.25) is 0 Å². The molecule has 0 fully saturated rings. The van der Waals surface area contributed by atoms with Gasteiger partial charge in [0, 0.05) is 36.2 Å². The van der Waals surface area contributed by atoms with Crippen LogP contribution in [0.15, 0.2) is 24.9 Å². The Labute approximate surface area is 161 Å². The molecular weight excluding hydrogens is 447 g/mol. The third-order valence-corrected chi connectivity index (χ3v) is 6.42. The fraction of sp³-hybridized carbons (Fsp3) is 0.438. The lowest BCUT2D eigenvalue weighted by molar-refractivity contribution is 0.0785. The third kappa shape index (κ3) is 4.58. The molecule has 134 valence electrons. The van der Waals surface area contributed by atoms with Gasteiger partial charge in [0.25, 0.3) is 0 Å². The lowest BCUT2D eigenvalue weighted by Gasteiger charge is -2.15. The molecule has 0 bridgehead atoms. The second kappa shape index (κ2) is 7.42. The van der Waals surface area contributed by atoms with E-state index in [2.05, 4.69) is 61.9 Å². The zero-order valence-corrected chi connectivity index (χ0v) is 17.9. The smallest absolute Gasteiger partial charge is 0.146 e. The first-order valence-corrected chi connectivity index (χ1v) is 13.0. The monoisotopic (exact) mass is 470 g/mol. The summed E-state index contributed by atoms with van der Waals surface area (Å²) in [6.45, 7) is 9.01. The van der Waals surface area contributed by atoms with E-state index in [1.807, 2.05) is 23.3 Å². The van der Waals surface area contributed by atoms with Gasteiger partial charge in [-0.3, -0.25) is 0 Å². The Morgan fingerprint density at radius 2 is 2.04 bits per heavy atom. The molecule has 0 atom stereocenters. The van der Waals surface area contributed by atoms with Crippen LogP contribution in [0.3, 0.4) is 0 Å². The molecule has 7 nitrogen and oxygen atoms in total. The number of rotatable bonds is 7. The first-order valence-electron chi connectivity index (χ1n) is 8.17. The van der Waals surface area contributed by atoms with Gasteiger partial charge in [-0.15, -0.1) is 0 Å². The van der Waals surface area contributed by atoms with Gasteiger partial charge in [0.1, 0.15) is 24.5 Å². The molecule has 0 aromatic carbocycles. The number of halogens is 1. The zero-order valence-electron chi connectivity index (χ0n) is 14.7. The highest BCUT2D eigenvalue weighted by atomic mass is 127. The quantitative estimate of drug-likeness (QED) is 0.326. The molecule has 0 aliphatic heterocycles. The standard InChI is InChI=1S/C16H23IN6OSi/c1-25(2,3)5-4-24-11-23-8-12(6-21-23)7-22-9-13(17)14-15(18)19-10-20-16(14)22/h6,8-10H,4-5,7,11H2,1-3H3,(H2,18,19,20). The minimum Gasteiger partial charge on any atom is -0.383 e. The highest BCUT2D eigenvalue weighted by Crippen LogP contribution is 2.25. The van der Waals surface area contributed by atoms with Gasteiger partial charge >= 0.3 is 0 Å². The van der Waals surface area contributed by atoms with Crippen molar-refractivity contribution in [3.8, 4) is 0 Å². The van der Waals surface area contributed by atoms with Gasteiger partial charge in [-0.1, -0.05) is 19.6 Å². The Morgan fingerprint density at radius 1 is 1.24 bits per heavy atom. The van der Waals surface area contributed by atoms with Crippen molar-refractivity contribution in [1.82, 2.24) is 24.3 Å². The maximum Gasteiger partial charge on any atom is 0.146 e. The van der Waals surface area contributed by atoms with Crippen LogP contribution in [0.4, 0.5) is 5.82 Å². The van der Waals surface area contributed by atoms with Crippen molar-refractivity contribution in [3.63, 3.8) is 0 Å². The summed E-state index contributed by atoms with van der Waals surface area (Å²) in [7, 11) is -1.05. The predicted molar refractivity (Wildman–Crippen MR) is 110 cm³/mol. The molecule has 9 heteroatoms. The number of nitrogens with zero attached hydrogens (tertiary/aromatic N) is 5. The summed E-state index contributed by atoms with van der Waals surface area (Å²) < 4.78 is 10.7. The lowest BCUT2D eigenvalue weighted by atomic mass is 10.3. The van der Waals surface area contributed by atoms with Gasteiger partial charge in [-0.2, -0.15) is 5.10 Å². The molecule has 0 saturated carbocycles. The average Bonchev–Trinajstić information content (AvgIpc) is 3.09. The highest BCUT2D eigenvalue weighted by Gasteiger charge is 2.13. The van der Waals surface area contributed by atoms with Crippen LogP contribution >= 0.6 is 22.6 Å². The van der Waals surface area contributed by atoms with Crippen molar-refractivity contribution >= 4 is 47.5 Å². The van der Waals surface area contributed by atoms with E-state index in [0.717, 1.165) is 32.8 Å². The summed E-state index contributed by atoms with van der Waals surface area (Å²) >= 11 is 2.26. The predicted octanol–water partition coefficient (Wildman–Crippen LogP) is 3.18. The van der Waals surface area contributed by atoms with Crippen LogP contribution in [0.2, 0.25) is 25.7 Å².